The number of rotatable bonds is 3. The van der Waals surface area contributed by atoms with Crippen LogP contribution in [0.25, 0.3) is 22.3 Å². The lowest BCUT2D eigenvalue weighted by atomic mass is 9.97. The van der Waals surface area contributed by atoms with Gasteiger partial charge in [0.05, 0.1) is 16.6 Å². The van der Waals surface area contributed by atoms with Crippen LogP contribution in [-0.2, 0) is 0 Å². The molecule has 1 saturated carbocycles. The van der Waals surface area contributed by atoms with E-state index in [1.165, 1.54) is 0 Å². The number of hydrogen-bond acceptors (Lipinski definition) is 5. The summed E-state index contributed by atoms with van der Waals surface area (Å²) in [5.41, 5.74) is 9.78. The highest BCUT2D eigenvalue weighted by Gasteiger charge is 2.48. The number of aryl methyl sites for hydroxylation is 1. The zero-order valence-corrected chi connectivity index (χ0v) is 15.8. The quantitative estimate of drug-likeness (QED) is 0.650. The van der Waals surface area contributed by atoms with Gasteiger partial charge in [-0.25, -0.2) is 4.98 Å². The van der Waals surface area contributed by atoms with E-state index in [0.717, 1.165) is 42.5 Å². The Balaban J connectivity index is 1.55. The van der Waals surface area contributed by atoms with Crippen molar-refractivity contribution in [2.45, 2.75) is 31.7 Å². The number of phenolic OH excluding ortho intramolecular Hbond substituents is 1. The van der Waals surface area contributed by atoms with Gasteiger partial charge in [-0.3, -0.25) is 9.89 Å². The van der Waals surface area contributed by atoms with Crippen molar-refractivity contribution in [3.8, 4) is 17.0 Å². The normalized spacial score (nSPS) is 20.6. The molecule has 28 heavy (non-hydrogen) atoms. The number of likely N-dealkylation sites (tertiary alicyclic amines) is 1. The molecule has 7 nitrogen and oxygen atoms in total. The van der Waals surface area contributed by atoms with Crippen LogP contribution in [0.2, 0.25) is 0 Å². The molecule has 5 rings (SSSR count). The van der Waals surface area contributed by atoms with Crippen molar-refractivity contribution in [2.24, 2.45) is 11.7 Å². The SMILES string of the molecule is Cc1[nH]nc2nc(-c3ccc(O)cc3)cc(C(=O)N3CC[C@@H](C4(N)CC4)C3)c12. The van der Waals surface area contributed by atoms with Crippen molar-refractivity contribution in [3.63, 3.8) is 0 Å². The zero-order valence-electron chi connectivity index (χ0n) is 15.8. The summed E-state index contributed by atoms with van der Waals surface area (Å²) in [6.45, 7) is 3.35. The third-order valence-corrected chi connectivity index (χ3v) is 6.21. The van der Waals surface area contributed by atoms with Gasteiger partial charge < -0.3 is 15.7 Å². The maximum Gasteiger partial charge on any atom is 0.254 e. The standard InChI is InChI=1S/C21H23N5O2/c1-12-18-16(20(28)26-9-6-14(11-26)21(22)7-8-21)10-17(23-19(18)25-24-12)13-2-4-15(27)5-3-13/h2-5,10,14,27H,6-9,11,22H2,1H3,(H,23,24,25)/t14-/m1/s1. The summed E-state index contributed by atoms with van der Waals surface area (Å²) >= 11 is 0. The van der Waals surface area contributed by atoms with Gasteiger partial charge in [-0.1, -0.05) is 0 Å². The number of aromatic hydroxyl groups is 1. The summed E-state index contributed by atoms with van der Waals surface area (Å²) in [5, 5.41) is 17.5. The highest BCUT2D eigenvalue weighted by molar-refractivity contribution is 6.07. The van der Waals surface area contributed by atoms with Crippen molar-refractivity contribution >= 4 is 16.9 Å². The predicted molar refractivity (Wildman–Crippen MR) is 106 cm³/mol. The minimum Gasteiger partial charge on any atom is -0.508 e. The zero-order chi connectivity index (χ0) is 19.5. The highest BCUT2D eigenvalue weighted by Crippen LogP contribution is 2.44. The summed E-state index contributed by atoms with van der Waals surface area (Å²) in [5.74, 6) is 0.579. The van der Waals surface area contributed by atoms with E-state index in [-0.39, 0.29) is 17.2 Å². The van der Waals surface area contributed by atoms with Crippen LogP contribution in [0, 0.1) is 12.8 Å². The molecule has 4 N–H and O–H groups in total. The van der Waals surface area contributed by atoms with Gasteiger partial charge in [0, 0.05) is 29.9 Å². The maximum atomic E-state index is 13.4. The van der Waals surface area contributed by atoms with Crippen LogP contribution in [0.1, 0.15) is 35.3 Å². The van der Waals surface area contributed by atoms with E-state index in [1.54, 1.807) is 24.3 Å². The molecule has 3 heterocycles. The third kappa shape index (κ3) is 2.74. The maximum absolute atomic E-state index is 13.4. The molecule has 2 aromatic heterocycles. The Morgan fingerprint density at radius 3 is 2.79 bits per heavy atom. The smallest absolute Gasteiger partial charge is 0.254 e. The fourth-order valence-corrected chi connectivity index (χ4v) is 4.26. The van der Waals surface area contributed by atoms with Crippen molar-refractivity contribution < 1.29 is 9.90 Å². The Labute approximate surface area is 162 Å². The molecule has 1 amide bonds. The lowest BCUT2D eigenvalue weighted by Crippen LogP contribution is -2.36. The second kappa shape index (κ2) is 6.04. The topological polar surface area (TPSA) is 108 Å². The molecular weight excluding hydrogens is 354 g/mol. The first-order valence-electron chi connectivity index (χ1n) is 9.68. The van der Waals surface area contributed by atoms with Gasteiger partial charge in [-0.05, 0) is 62.4 Å². The number of carbonyl (C=O) groups is 1. The molecule has 0 bridgehead atoms. The molecule has 0 spiro atoms. The first-order chi connectivity index (χ1) is 13.4. The molecular formula is C21H23N5O2. The lowest BCUT2D eigenvalue weighted by molar-refractivity contribution is 0.0786. The molecule has 0 unspecified atom stereocenters. The number of amides is 1. The first-order valence-corrected chi connectivity index (χ1v) is 9.68. The van der Waals surface area contributed by atoms with Crippen molar-refractivity contribution in [3.05, 3.63) is 41.6 Å². The number of H-pyrrole nitrogens is 1. The number of phenols is 1. The van der Waals surface area contributed by atoms with Crippen LogP contribution >= 0.6 is 0 Å². The molecule has 144 valence electrons. The average molecular weight is 377 g/mol. The predicted octanol–water partition coefficient (Wildman–Crippen LogP) is 2.59. The van der Waals surface area contributed by atoms with Crippen molar-refractivity contribution in [1.29, 1.82) is 0 Å². The number of nitrogens with zero attached hydrogens (tertiary/aromatic N) is 3. The van der Waals surface area contributed by atoms with E-state index in [4.69, 9.17) is 5.73 Å². The highest BCUT2D eigenvalue weighted by atomic mass is 16.3. The fourth-order valence-electron chi connectivity index (χ4n) is 4.26. The molecule has 2 fully saturated rings. The van der Waals surface area contributed by atoms with Gasteiger partial charge in [0.2, 0.25) is 0 Å². The Morgan fingerprint density at radius 1 is 1.32 bits per heavy atom. The number of benzene rings is 1. The summed E-state index contributed by atoms with van der Waals surface area (Å²) in [7, 11) is 0. The van der Waals surface area contributed by atoms with Crippen LogP contribution in [0.4, 0.5) is 0 Å². The fraction of sp³-hybridized carbons (Fsp3) is 0.381. The second-order valence-electron chi connectivity index (χ2n) is 8.12. The third-order valence-electron chi connectivity index (χ3n) is 6.21. The summed E-state index contributed by atoms with van der Waals surface area (Å²) in [6, 6.07) is 8.63. The summed E-state index contributed by atoms with van der Waals surface area (Å²) in [4.78, 5) is 19.9. The van der Waals surface area contributed by atoms with E-state index in [0.29, 0.717) is 29.4 Å². The Kier molecular flexibility index (Phi) is 3.71. The monoisotopic (exact) mass is 377 g/mol. The molecule has 3 aromatic rings. The molecule has 2 aliphatic rings. The van der Waals surface area contributed by atoms with Gasteiger partial charge in [-0.2, -0.15) is 5.10 Å². The van der Waals surface area contributed by atoms with Crippen LogP contribution in [0.5, 0.6) is 5.75 Å². The van der Waals surface area contributed by atoms with Crippen molar-refractivity contribution in [1.82, 2.24) is 20.1 Å². The van der Waals surface area contributed by atoms with Crippen LogP contribution in [0.3, 0.4) is 0 Å². The van der Waals surface area contributed by atoms with Gasteiger partial charge in [0.15, 0.2) is 5.65 Å². The molecule has 1 aromatic carbocycles. The molecule has 1 aliphatic heterocycles. The minimum atomic E-state index is -0.0641. The minimum absolute atomic E-state index is 0.00341. The number of nitrogens with one attached hydrogen (secondary N) is 1. The van der Waals surface area contributed by atoms with E-state index in [1.807, 2.05) is 17.9 Å². The average Bonchev–Trinajstić information content (AvgIpc) is 3.10. The van der Waals surface area contributed by atoms with Gasteiger partial charge in [0.25, 0.3) is 5.91 Å². The van der Waals surface area contributed by atoms with Crippen LogP contribution in [-0.4, -0.2) is 49.7 Å². The van der Waals surface area contributed by atoms with Crippen LogP contribution in [0.15, 0.2) is 30.3 Å². The Bertz CT molecular complexity index is 1070. The number of pyridine rings is 1. The molecule has 1 aliphatic carbocycles. The summed E-state index contributed by atoms with van der Waals surface area (Å²) < 4.78 is 0. The number of fused-ring (bicyclic) bond motifs is 1. The second-order valence-corrected chi connectivity index (χ2v) is 8.12. The van der Waals surface area contributed by atoms with Gasteiger partial charge in [0.1, 0.15) is 5.75 Å². The van der Waals surface area contributed by atoms with Gasteiger partial charge in [-0.15, -0.1) is 0 Å². The number of aromatic amines is 1. The Hall–Kier alpha value is -2.93. The number of nitrogens with two attached hydrogens (primary N) is 1. The van der Waals surface area contributed by atoms with E-state index in [2.05, 4.69) is 15.2 Å². The Morgan fingerprint density at radius 2 is 2.07 bits per heavy atom. The van der Waals surface area contributed by atoms with Crippen molar-refractivity contribution in [2.75, 3.05) is 13.1 Å². The number of hydrogen-bond donors (Lipinski definition) is 3. The largest absolute Gasteiger partial charge is 0.508 e. The first kappa shape index (κ1) is 17.2. The number of carbonyl (C=O) groups excluding carboxylic acids is 1. The number of aromatic nitrogens is 3. The van der Waals surface area contributed by atoms with E-state index in [9.17, 15) is 9.90 Å². The van der Waals surface area contributed by atoms with Crippen LogP contribution < -0.4 is 5.73 Å². The summed E-state index contributed by atoms with van der Waals surface area (Å²) in [6.07, 6.45) is 3.09. The van der Waals surface area contributed by atoms with Gasteiger partial charge >= 0.3 is 0 Å². The van der Waals surface area contributed by atoms with E-state index < -0.39 is 0 Å². The van der Waals surface area contributed by atoms with E-state index >= 15 is 0 Å². The molecule has 1 atom stereocenters. The molecule has 0 radical (unpaired) electrons. The molecule has 1 saturated heterocycles. The molecule has 7 heteroatoms. The lowest BCUT2D eigenvalue weighted by Gasteiger charge is -2.20.